The molecule has 1 aliphatic rings. The Morgan fingerprint density at radius 2 is 2.00 bits per heavy atom. The zero-order valence-corrected chi connectivity index (χ0v) is 15.9. The minimum atomic E-state index is -0.384. The summed E-state index contributed by atoms with van der Waals surface area (Å²) in [7, 11) is 1.64. The van der Waals surface area contributed by atoms with Crippen LogP contribution >= 0.6 is 0 Å². The maximum atomic E-state index is 14.0. The van der Waals surface area contributed by atoms with Gasteiger partial charge in [0, 0.05) is 31.4 Å². The van der Waals surface area contributed by atoms with Crippen molar-refractivity contribution in [3.05, 3.63) is 76.7 Å². The summed E-state index contributed by atoms with van der Waals surface area (Å²) in [6.45, 7) is 3.09. The molecule has 0 aliphatic carbocycles. The number of aromatic nitrogens is 2. The molecule has 0 saturated heterocycles. The number of nitrogens with one attached hydrogen (secondary N) is 1. The summed E-state index contributed by atoms with van der Waals surface area (Å²) >= 11 is 0. The summed E-state index contributed by atoms with van der Waals surface area (Å²) in [4.78, 5) is 14.9. The summed E-state index contributed by atoms with van der Waals surface area (Å²) in [6, 6.07) is 14.1. The molecule has 2 aromatic carbocycles. The highest BCUT2D eigenvalue weighted by atomic mass is 19.1. The van der Waals surface area contributed by atoms with E-state index in [1.165, 1.54) is 12.1 Å². The first-order chi connectivity index (χ1) is 13.6. The molecule has 28 heavy (non-hydrogen) atoms. The number of rotatable bonds is 6. The van der Waals surface area contributed by atoms with Gasteiger partial charge in [-0.1, -0.05) is 42.0 Å². The van der Waals surface area contributed by atoms with Crippen molar-refractivity contribution < 1.29 is 13.9 Å². The van der Waals surface area contributed by atoms with Crippen molar-refractivity contribution in [2.45, 2.75) is 19.4 Å². The first-order valence-electron chi connectivity index (χ1n) is 9.31. The van der Waals surface area contributed by atoms with E-state index in [1.807, 2.05) is 37.3 Å². The van der Waals surface area contributed by atoms with Crippen LogP contribution in [0.5, 0.6) is 0 Å². The molecule has 1 amide bonds. The summed E-state index contributed by atoms with van der Waals surface area (Å²) < 4.78 is 19.1. The SMILES string of the molecule is COCCCN1C(=O)c2[nH]nc(-c3ccc(C)cc3)c2C1c1cccc(F)c1. The molecule has 0 saturated carbocycles. The molecule has 0 radical (unpaired) electrons. The van der Waals surface area contributed by atoms with Gasteiger partial charge in [0.25, 0.3) is 5.91 Å². The number of ether oxygens (including phenoxy) is 1. The number of halogens is 1. The van der Waals surface area contributed by atoms with Crippen molar-refractivity contribution in [3.8, 4) is 11.3 Å². The Labute approximate surface area is 163 Å². The van der Waals surface area contributed by atoms with Crippen LogP contribution in [0.25, 0.3) is 11.3 Å². The number of H-pyrrole nitrogens is 1. The molecule has 6 heteroatoms. The molecule has 3 aromatic rings. The fourth-order valence-electron chi connectivity index (χ4n) is 3.76. The van der Waals surface area contributed by atoms with Crippen molar-refractivity contribution in [1.29, 1.82) is 0 Å². The topological polar surface area (TPSA) is 58.2 Å². The van der Waals surface area contributed by atoms with E-state index in [4.69, 9.17) is 4.74 Å². The van der Waals surface area contributed by atoms with Gasteiger partial charge in [-0.15, -0.1) is 0 Å². The zero-order valence-electron chi connectivity index (χ0n) is 15.9. The third-order valence-electron chi connectivity index (χ3n) is 5.10. The van der Waals surface area contributed by atoms with Crippen LogP contribution in [-0.4, -0.2) is 41.3 Å². The third kappa shape index (κ3) is 3.20. The maximum Gasteiger partial charge on any atom is 0.273 e. The number of amides is 1. The quantitative estimate of drug-likeness (QED) is 0.656. The van der Waals surface area contributed by atoms with E-state index < -0.39 is 0 Å². The minimum absolute atomic E-state index is 0.119. The molecular weight excluding hydrogens is 357 g/mol. The van der Waals surface area contributed by atoms with Gasteiger partial charge in [-0.25, -0.2) is 4.39 Å². The number of aromatic amines is 1. The minimum Gasteiger partial charge on any atom is -0.385 e. The van der Waals surface area contributed by atoms with Gasteiger partial charge >= 0.3 is 0 Å². The molecule has 1 N–H and O–H groups in total. The molecular formula is C22H22FN3O2. The molecule has 1 aromatic heterocycles. The molecule has 2 heterocycles. The van der Waals surface area contributed by atoms with Gasteiger partial charge in [0.15, 0.2) is 0 Å². The highest BCUT2D eigenvalue weighted by Gasteiger charge is 2.41. The van der Waals surface area contributed by atoms with E-state index in [0.717, 1.165) is 27.9 Å². The highest BCUT2D eigenvalue weighted by Crippen LogP contribution is 2.42. The Bertz CT molecular complexity index is 997. The van der Waals surface area contributed by atoms with E-state index in [0.29, 0.717) is 25.3 Å². The van der Waals surface area contributed by atoms with Crippen molar-refractivity contribution >= 4 is 5.91 Å². The second kappa shape index (κ2) is 7.56. The van der Waals surface area contributed by atoms with E-state index in [-0.39, 0.29) is 17.8 Å². The number of carbonyl (C=O) groups excluding carboxylic acids is 1. The number of aryl methyl sites for hydroxylation is 1. The lowest BCUT2D eigenvalue weighted by Crippen LogP contribution is -2.31. The summed E-state index contributed by atoms with van der Waals surface area (Å²) in [5.74, 6) is -0.443. The molecule has 0 fully saturated rings. The Kier molecular flexibility index (Phi) is 4.96. The molecule has 4 rings (SSSR count). The number of nitrogens with zero attached hydrogens (tertiary/aromatic N) is 2. The van der Waals surface area contributed by atoms with Crippen molar-refractivity contribution in [2.75, 3.05) is 20.3 Å². The van der Waals surface area contributed by atoms with Crippen LogP contribution in [0.15, 0.2) is 48.5 Å². The predicted molar refractivity (Wildman–Crippen MR) is 105 cm³/mol. The largest absolute Gasteiger partial charge is 0.385 e. The second-order valence-corrected chi connectivity index (χ2v) is 7.03. The van der Waals surface area contributed by atoms with Crippen LogP contribution < -0.4 is 0 Å². The van der Waals surface area contributed by atoms with E-state index in [9.17, 15) is 9.18 Å². The number of hydrogen-bond acceptors (Lipinski definition) is 3. The zero-order chi connectivity index (χ0) is 19.7. The van der Waals surface area contributed by atoms with Crippen LogP contribution in [0.1, 0.15) is 39.6 Å². The first-order valence-corrected chi connectivity index (χ1v) is 9.31. The average Bonchev–Trinajstić information content (AvgIpc) is 3.22. The fraction of sp³-hybridized carbons (Fsp3) is 0.273. The van der Waals surface area contributed by atoms with Crippen LogP contribution in [0.2, 0.25) is 0 Å². The van der Waals surface area contributed by atoms with Crippen molar-refractivity contribution in [3.63, 3.8) is 0 Å². The van der Waals surface area contributed by atoms with E-state index >= 15 is 0 Å². The number of hydrogen-bond donors (Lipinski definition) is 1. The standard InChI is InChI=1S/C22H22FN3O2/c1-14-7-9-15(10-8-14)19-18-20(25-24-19)22(27)26(11-4-12-28-2)21(18)16-5-3-6-17(23)13-16/h3,5-10,13,21H,4,11-12H2,1-2H3,(H,24,25). The average molecular weight is 379 g/mol. The molecule has 5 nitrogen and oxygen atoms in total. The summed E-state index contributed by atoms with van der Waals surface area (Å²) in [6.07, 6.45) is 0.700. The van der Waals surface area contributed by atoms with Gasteiger partial charge < -0.3 is 9.64 Å². The van der Waals surface area contributed by atoms with Gasteiger partial charge in [-0.2, -0.15) is 5.10 Å². The smallest absolute Gasteiger partial charge is 0.273 e. The lowest BCUT2D eigenvalue weighted by atomic mass is 9.95. The fourth-order valence-corrected chi connectivity index (χ4v) is 3.76. The Balaban J connectivity index is 1.82. The molecule has 0 bridgehead atoms. The van der Waals surface area contributed by atoms with Crippen molar-refractivity contribution in [1.82, 2.24) is 15.1 Å². The van der Waals surface area contributed by atoms with Crippen LogP contribution in [0.4, 0.5) is 4.39 Å². The van der Waals surface area contributed by atoms with Crippen molar-refractivity contribution in [2.24, 2.45) is 0 Å². The van der Waals surface area contributed by atoms with Gasteiger partial charge in [0.1, 0.15) is 11.5 Å². The number of carbonyl (C=O) groups is 1. The van der Waals surface area contributed by atoms with Gasteiger partial charge in [0.05, 0.1) is 11.7 Å². The normalized spacial score (nSPS) is 15.9. The predicted octanol–water partition coefficient (Wildman–Crippen LogP) is 4.11. The molecule has 1 unspecified atom stereocenters. The lowest BCUT2D eigenvalue weighted by molar-refractivity contribution is 0.0723. The van der Waals surface area contributed by atoms with Gasteiger partial charge in [-0.3, -0.25) is 9.89 Å². The van der Waals surface area contributed by atoms with Gasteiger partial charge in [-0.05, 0) is 31.0 Å². The van der Waals surface area contributed by atoms with Crippen LogP contribution in [0.3, 0.4) is 0 Å². The maximum absolute atomic E-state index is 14.0. The molecule has 144 valence electrons. The van der Waals surface area contributed by atoms with E-state index in [1.54, 1.807) is 18.1 Å². The molecule has 1 aliphatic heterocycles. The molecule has 0 spiro atoms. The molecule has 1 atom stereocenters. The monoisotopic (exact) mass is 379 g/mol. The van der Waals surface area contributed by atoms with E-state index in [2.05, 4.69) is 10.2 Å². The van der Waals surface area contributed by atoms with Crippen LogP contribution in [0, 0.1) is 12.7 Å². The summed E-state index contributed by atoms with van der Waals surface area (Å²) in [5, 5.41) is 7.34. The number of fused-ring (bicyclic) bond motifs is 1. The van der Waals surface area contributed by atoms with Gasteiger partial charge in [0.2, 0.25) is 0 Å². The lowest BCUT2D eigenvalue weighted by Gasteiger charge is -2.26. The van der Waals surface area contributed by atoms with Crippen LogP contribution in [-0.2, 0) is 4.74 Å². The summed E-state index contributed by atoms with van der Waals surface area (Å²) in [5.41, 5.74) is 4.82. The second-order valence-electron chi connectivity index (χ2n) is 7.03. The third-order valence-corrected chi connectivity index (χ3v) is 5.10. The first kappa shape index (κ1) is 18.4. The highest BCUT2D eigenvalue weighted by molar-refractivity contribution is 6.00. The Hall–Kier alpha value is -2.99. The Morgan fingerprint density at radius 3 is 2.71 bits per heavy atom. The number of benzene rings is 2. The number of methoxy groups -OCH3 is 1. The Morgan fingerprint density at radius 1 is 1.21 bits per heavy atom.